The fourth-order valence-corrected chi connectivity index (χ4v) is 5.70. The predicted molar refractivity (Wildman–Crippen MR) is 159 cm³/mol. The van der Waals surface area contributed by atoms with E-state index in [9.17, 15) is 9.59 Å². The van der Waals surface area contributed by atoms with Crippen molar-refractivity contribution in [2.75, 3.05) is 24.6 Å². The molecule has 5 rings (SSSR count). The Morgan fingerprint density at radius 2 is 2.07 bits per heavy atom. The van der Waals surface area contributed by atoms with E-state index in [-0.39, 0.29) is 23.1 Å². The lowest BCUT2D eigenvalue weighted by molar-refractivity contribution is 0.0728. The number of hydrogen-bond acceptors (Lipinski definition) is 14. The van der Waals surface area contributed by atoms with Gasteiger partial charge in [-0.3, -0.25) is 9.79 Å². The van der Waals surface area contributed by atoms with E-state index >= 15 is 0 Å². The fraction of sp³-hybridized carbons (Fsp3) is 0.200. The molecule has 2 aromatic heterocycles. The lowest BCUT2D eigenvalue weighted by Gasteiger charge is -2.11. The van der Waals surface area contributed by atoms with E-state index < -0.39 is 11.9 Å². The second-order valence-electron chi connectivity index (χ2n) is 8.29. The van der Waals surface area contributed by atoms with Gasteiger partial charge in [-0.1, -0.05) is 40.3 Å². The number of hydrogen-bond donors (Lipinski definition) is 2. The van der Waals surface area contributed by atoms with Crippen molar-refractivity contribution < 1.29 is 23.7 Å². The third-order valence-corrected chi connectivity index (χ3v) is 8.01. The maximum Gasteiger partial charge on any atom is 0.343 e. The number of ether oxygens (including phenoxy) is 2. The first-order valence-electron chi connectivity index (χ1n) is 12.3. The lowest BCUT2D eigenvalue weighted by Crippen LogP contribution is -2.20. The van der Waals surface area contributed by atoms with Gasteiger partial charge in [0.05, 0.1) is 30.6 Å². The summed E-state index contributed by atoms with van der Waals surface area (Å²) < 4.78 is 18.1. The lowest BCUT2D eigenvalue weighted by atomic mass is 10.2. The molecule has 4 aromatic rings. The highest BCUT2D eigenvalue weighted by Crippen LogP contribution is 2.30. The third-order valence-electron chi connectivity index (χ3n) is 5.49. The largest absolute Gasteiger partial charge is 0.490 e. The molecular formula is C25H22ClN9O5S2. The first-order chi connectivity index (χ1) is 20.4. The fourth-order valence-electron chi connectivity index (χ4n) is 3.57. The number of nitrogen functional groups attached to an aromatic ring is 1. The van der Waals surface area contributed by atoms with Crippen LogP contribution >= 0.6 is 35.1 Å². The summed E-state index contributed by atoms with van der Waals surface area (Å²) in [7, 11) is 0. The molecule has 0 saturated heterocycles. The number of benzene rings is 2. The summed E-state index contributed by atoms with van der Waals surface area (Å²) in [5.41, 5.74) is 9.63. The molecule has 1 aliphatic heterocycles. The summed E-state index contributed by atoms with van der Waals surface area (Å²) in [5.74, 6) is 0.697. The molecule has 0 unspecified atom stereocenters. The summed E-state index contributed by atoms with van der Waals surface area (Å²) in [4.78, 5) is 30.0. The molecule has 1 amide bonds. The Kier molecular flexibility index (Phi) is 9.35. The van der Waals surface area contributed by atoms with Crippen molar-refractivity contribution >= 4 is 63.4 Å². The van der Waals surface area contributed by atoms with Gasteiger partial charge in [0.25, 0.3) is 5.91 Å². The van der Waals surface area contributed by atoms with Gasteiger partial charge in [-0.15, -0.1) is 5.10 Å². The van der Waals surface area contributed by atoms with Gasteiger partial charge in [0.2, 0.25) is 11.6 Å². The molecule has 1 aliphatic rings. The smallest absolute Gasteiger partial charge is 0.343 e. The second-order valence-corrected chi connectivity index (χ2v) is 11.0. The molecule has 3 heterocycles. The molecule has 0 fully saturated rings. The van der Waals surface area contributed by atoms with Crippen LogP contribution in [0, 0.1) is 0 Å². The van der Waals surface area contributed by atoms with Gasteiger partial charge in [-0.25, -0.2) is 14.8 Å². The molecule has 0 atom stereocenters. The van der Waals surface area contributed by atoms with Crippen LogP contribution in [0.1, 0.15) is 39.0 Å². The average molecular weight is 628 g/mol. The number of aromatic nitrogens is 5. The van der Waals surface area contributed by atoms with E-state index in [0.717, 1.165) is 16.7 Å². The molecule has 14 nitrogen and oxygen atoms in total. The molecule has 2 aromatic carbocycles. The average Bonchev–Trinajstić information content (AvgIpc) is 3.75. The second kappa shape index (κ2) is 13.5. The Balaban J connectivity index is 1.30. The van der Waals surface area contributed by atoms with E-state index in [1.807, 2.05) is 0 Å². The molecule has 17 heteroatoms. The molecule has 3 N–H and O–H groups in total. The summed E-state index contributed by atoms with van der Waals surface area (Å²) in [6.07, 6.45) is 1.41. The molecule has 0 saturated carbocycles. The van der Waals surface area contributed by atoms with Crippen LogP contribution in [0.4, 0.5) is 5.82 Å². The monoisotopic (exact) mass is 627 g/mol. The van der Waals surface area contributed by atoms with Crippen LogP contribution in [0.3, 0.4) is 0 Å². The van der Waals surface area contributed by atoms with Crippen LogP contribution in [0.5, 0.6) is 11.5 Å². The van der Waals surface area contributed by atoms with Gasteiger partial charge in [-0.2, -0.15) is 9.78 Å². The van der Waals surface area contributed by atoms with Gasteiger partial charge in [-0.05, 0) is 65.3 Å². The molecule has 0 radical (unpaired) electrons. The minimum atomic E-state index is -0.609. The highest BCUT2D eigenvalue weighted by molar-refractivity contribution is 8.38. The van der Waals surface area contributed by atoms with Crippen LogP contribution in [-0.4, -0.2) is 66.7 Å². The molecular weight excluding hydrogens is 606 g/mol. The number of nitrogens with one attached hydrogen (secondary N) is 1. The first-order valence-corrected chi connectivity index (χ1v) is 14.7. The van der Waals surface area contributed by atoms with Gasteiger partial charge in [0.15, 0.2) is 17.2 Å². The summed E-state index contributed by atoms with van der Waals surface area (Å²) in [5, 5.41) is 19.9. The highest BCUT2D eigenvalue weighted by Gasteiger charge is 2.25. The number of thioether (sulfide) groups is 2. The Hall–Kier alpha value is -4.41. The van der Waals surface area contributed by atoms with Gasteiger partial charge < -0.3 is 15.2 Å². The standard InChI is InChI=1S/C25H22ClN9O5S2/c1-2-38-19-11-14(3-8-18(19)39-24(37)15-4-6-16(26)7-5-15)12-29-31-23(36)20-17(13-42-25-28-9-10-41-25)35(34-30-20)22-21(27)32-40-33-22/h3-8,11-12H,2,9-10,13H2,1H3,(H2,27,32)(H,31,36)/b29-12-. The quantitative estimate of drug-likeness (QED) is 0.113. The van der Waals surface area contributed by atoms with Crippen LogP contribution in [0.15, 0.2) is 57.2 Å². The van der Waals surface area contributed by atoms with Crippen molar-refractivity contribution in [1.29, 1.82) is 0 Å². The van der Waals surface area contributed by atoms with E-state index in [0.29, 0.717) is 40.0 Å². The minimum Gasteiger partial charge on any atom is -0.490 e. The number of rotatable bonds is 10. The first kappa shape index (κ1) is 29.1. The van der Waals surface area contributed by atoms with Crippen LogP contribution in [0.2, 0.25) is 5.02 Å². The number of nitrogens with zero attached hydrogens (tertiary/aromatic N) is 7. The van der Waals surface area contributed by atoms with E-state index in [4.69, 9.17) is 26.8 Å². The molecule has 0 aliphatic carbocycles. The normalized spacial score (nSPS) is 12.9. The maximum atomic E-state index is 13.1. The zero-order valence-electron chi connectivity index (χ0n) is 21.9. The van der Waals surface area contributed by atoms with E-state index in [1.54, 1.807) is 61.2 Å². The Morgan fingerprint density at radius 1 is 1.24 bits per heavy atom. The molecule has 0 spiro atoms. The van der Waals surface area contributed by atoms with Gasteiger partial charge >= 0.3 is 5.97 Å². The molecule has 42 heavy (non-hydrogen) atoms. The third kappa shape index (κ3) is 6.89. The summed E-state index contributed by atoms with van der Waals surface area (Å²) in [6, 6.07) is 11.2. The van der Waals surface area contributed by atoms with Crippen molar-refractivity contribution in [2.24, 2.45) is 10.1 Å². The van der Waals surface area contributed by atoms with Crippen molar-refractivity contribution in [2.45, 2.75) is 12.7 Å². The number of halogens is 1. The summed E-state index contributed by atoms with van der Waals surface area (Å²) in [6.45, 7) is 2.87. The Labute approximate surface area is 252 Å². The van der Waals surface area contributed by atoms with Gasteiger partial charge in [0, 0.05) is 16.5 Å². The number of anilines is 1. The SMILES string of the molecule is CCOc1cc(/C=N\NC(=O)c2nnn(-c3nonc3N)c2CSC2=NCCS2)ccc1OC(=O)c1ccc(Cl)cc1. The Morgan fingerprint density at radius 3 is 2.79 bits per heavy atom. The number of carbonyl (C=O) groups excluding carboxylic acids is 2. The van der Waals surface area contributed by atoms with Crippen molar-refractivity contribution in [3.8, 4) is 17.3 Å². The number of aliphatic imine (C=N–C) groups is 1. The topological polar surface area (TPSA) is 185 Å². The minimum absolute atomic E-state index is 0.00361. The van der Waals surface area contributed by atoms with Crippen LogP contribution < -0.4 is 20.6 Å². The van der Waals surface area contributed by atoms with Crippen molar-refractivity contribution in [3.63, 3.8) is 0 Å². The van der Waals surface area contributed by atoms with E-state index in [1.165, 1.54) is 22.7 Å². The van der Waals surface area contributed by atoms with Crippen LogP contribution in [0.25, 0.3) is 5.82 Å². The number of esters is 1. The number of amides is 1. The molecule has 216 valence electrons. The maximum absolute atomic E-state index is 13.1. The van der Waals surface area contributed by atoms with Gasteiger partial charge in [0.1, 0.15) is 4.38 Å². The van der Waals surface area contributed by atoms with E-state index in [2.05, 4.69) is 40.8 Å². The van der Waals surface area contributed by atoms with Crippen LogP contribution in [-0.2, 0) is 5.75 Å². The Bertz CT molecular complexity index is 1660. The number of nitrogens with two attached hydrogens (primary N) is 1. The van der Waals surface area contributed by atoms with Crippen molar-refractivity contribution in [1.82, 2.24) is 30.7 Å². The zero-order chi connectivity index (χ0) is 29.5. The summed E-state index contributed by atoms with van der Waals surface area (Å²) >= 11 is 8.96. The highest BCUT2D eigenvalue weighted by atomic mass is 35.5. The molecule has 0 bridgehead atoms. The number of hydrazone groups is 1. The zero-order valence-corrected chi connectivity index (χ0v) is 24.3. The number of carbonyl (C=O) groups is 2. The predicted octanol–water partition coefficient (Wildman–Crippen LogP) is 3.60. The van der Waals surface area contributed by atoms with Crippen molar-refractivity contribution in [3.05, 3.63) is 70.0 Å².